The minimum atomic E-state index is -0.355. The predicted octanol–water partition coefficient (Wildman–Crippen LogP) is 0.474. The molecule has 0 bridgehead atoms. The first-order valence-corrected chi connectivity index (χ1v) is 6.95. The predicted molar refractivity (Wildman–Crippen MR) is 75.4 cm³/mol. The Bertz CT molecular complexity index is 548. The van der Waals surface area contributed by atoms with E-state index in [-0.39, 0.29) is 30.3 Å². The summed E-state index contributed by atoms with van der Waals surface area (Å²) in [5.41, 5.74) is 0.521. The van der Waals surface area contributed by atoms with Gasteiger partial charge in [0.2, 0.25) is 5.91 Å². The summed E-state index contributed by atoms with van der Waals surface area (Å²) in [7, 11) is 0. The molecule has 2 aliphatic heterocycles. The van der Waals surface area contributed by atoms with Gasteiger partial charge in [0.25, 0.3) is 0 Å². The maximum atomic E-state index is 12.8. The van der Waals surface area contributed by atoms with E-state index < -0.39 is 0 Å². The molecule has 1 aromatic rings. The molecular weight excluding hydrogens is 275 g/mol. The zero-order chi connectivity index (χ0) is 14.8. The fourth-order valence-electron chi connectivity index (χ4n) is 2.73. The fraction of sp³-hybridized carbons (Fsp3) is 0.429. The highest BCUT2D eigenvalue weighted by molar-refractivity contribution is 5.94. The first-order chi connectivity index (χ1) is 10.1. The molecule has 6 nitrogen and oxygen atoms in total. The molecular formula is C14H17FN4O2. The maximum absolute atomic E-state index is 12.8. The highest BCUT2D eigenvalue weighted by Gasteiger charge is 2.38. The molecule has 0 saturated carbocycles. The van der Waals surface area contributed by atoms with E-state index in [1.54, 1.807) is 4.90 Å². The Kier molecular flexibility index (Phi) is 3.74. The van der Waals surface area contributed by atoms with E-state index >= 15 is 0 Å². The quantitative estimate of drug-likeness (QED) is 0.851. The molecule has 0 radical (unpaired) electrons. The van der Waals surface area contributed by atoms with Crippen LogP contribution in [0.5, 0.6) is 0 Å². The van der Waals surface area contributed by atoms with Gasteiger partial charge in [0, 0.05) is 31.9 Å². The van der Waals surface area contributed by atoms with Crippen molar-refractivity contribution in [3.05, 3.63) is 30.1 Å². The van der Waals surface area contributed by atoms with Crippen molar-refractivity contribution in [3.8, 4) is 0 Å². The number of rotatable bonds is 3. The summed E-state index contributed by atoms with van der Waals surface area (Å²) in [6.45, 7) is 2.81. The number of hydrogen-bond acceptors (Lipinski definition) is 3. The number of carbonyl (C=O) groups excluding carboxylic acids is 2. The van der Waals surface area contributed by atoms with Gasteiger partial charge in [0.15, 0.2) is 0 Å². The van der Waals surface area contributed by atoms with Crippen LogP contribution in [-0.2, 0) is 4.79 Å². The third kappa shape index (κ3) is 2.97. The minimum absolute atomic E-state index is 0.0171. The van der Waals surface area contributed by atoms with Crippen LogP contribution in [0.3, 0.4) is 0 Å². The smallest absolute Gasteiger partial charge is 0.320 e. The normalized spacial score (nSPS) is 21.4. The lowest BCUT2D eigenvalue weighted by molar-refractivity contribution is -0.116. The van der Waals surface area contributed by atoms with E-state index in [2.05, 4.69) is 10.6 Å². The Hall–Kier alpha value is -2.15. The molecule has 21 heavy (non-hydrogen) atoms. The molecule has 0 aliphatic carbocycles. The Morgan fingerprint density at radius 3 is 2.86 bits per heavy atom. The first-order valence-electron chi connectivity index (χ1n) is 6.95. The van der Waals surface area contributed by atoms with Crippen molar-refractivity contribution in [2.45, 2.75) is 6.04 Å². The standard InChI is InChI=1S/C14H17FN4O2/c15-10-1-3-11(4-2-10)17-13(20)9-18-8-12-7-16-5-6-19(12)14(18)21/h1-4,12,16H,5-9H2,(H,17,20). The zero-order valence-electron chi connectivity index (χ0n) is 11.5. The lowest BCUT2D eigenvalue weighted by Crippen LogP contribution is -2.49. The van der Waals surface area contributed by atoms with Gasteiger partial charge < -0.3 is 20.4 Å². The highest BCUT2D eigenvalue weighted by Crippen LogP contribution is 2.17. The molecule has 112 valence electrons. The summed E-state index contributed by atoms with van der Waals surface area (Å²) < 4.78 is 12.8. The van der Waals surface area contributed by atoms with Crippen LogP contribution in [0.4, 0.5) is 14.9 Å². The van der Waals surface area contributed by atoms with Gasteiger partial charge in [-0.2, -0.15) is 0 Å². The van der Waals surface area contributed by atoms with Crippen LogP contribution in [0.1, 0.15) is 0 Å². The zero-order valence-corrected chi connectivity index (χ0v) is 11.5. The number of fused-ring (bicyclic) bond motifs is 1. The minimum Gasteiger partial charge on any atom is -0.325 e. The van der Waals surface area contributed by atoms with E-state index in [1.807, 2.05) is 4.90 Å². The topological polar surface area (TPSA) is 64.7 Å². The summed E-state index contributed by atoms with van der Waals surface area (Å²) in [6, 6.07) is 5.60. The molecule has 1 atom stereocenters. The molecule has 1 aromatic carbocycles. The number of amides is 3. The highest BCUT2D eigenvalue weighted by atomic mass is 19.1. The van der Waals surface area contributed by atoms with E-state index in [0.29, 0.717) is 18.8 Å². The lowest BCUT2D eigenvalue weighted by atomic mass is 10.2. The van der Waals surface area contributed by atoms with Gasteiger partial charge in [-0.25, -0.2) is 9.18 Å². The van der Waals surface area contributed by atoms with Crippen molar-refractivity contribution in [3.63, 3.8) is 0 Å². The summed E-state index contributed by atoms with van der Waals surface area (Å²) >= 11 is 0. The van der Waals surface area contributed by atoms with Crippen LogP contribution in [0.15, 0.2) is 24.3 Å². The van der Waals surface area contributed by atoms with E-state index in [1.165, 1.54) is 24.3 Å². The number of halogens is 1. The second-order valence-electron chi connectivity index (χ2n) is 5.27. The Labute approximate surface area is 121 Å². The molecule has 0 spiro atoms. The molecule has 2 N–H and O–H groups in total. The van der Waals surface area contributed by atoms with Crippen molar-refractivity contribution in [1.82, 2.24) is 15.1 Å². The molecule has 3 rings (SSSR count). The molecule has 2 heterocycles. The number of carbonyl (C=O) groups is 2. The first kappa shape index (κ1) is 13.8. The Morgan fingerprint density at radius 2 is 2.14 bits per heavy atom. The second-order valence-corrected chi connectivity index (χ2v) is 5.27. The third-order valence-electron chi connectivity index (χ3n) is 3.76. The van der Waals surface area contributed by atoms with Gasteiger partial charge in [-0.3, -0.25) is 4.79 Å². The number of anilines is 1. The molecule has 2 saturated heterocycles. The number of urea groups is 1. The van der Waals surface area contributed by atoms with E-state index in [4.69, 9.17) is 0 Å². The summed E-state index contributed by atoms with van der Waals surface area (Å²) in [4.78, 5) is 27.5. The van der Waals surface area contributed by atoms with Crippen LogP contribution >= 0.6 is 0 Å². The van der Waals surface area contributed by atoms with Gasteiger partial charge in [-0.15, -0.1) is 0 Å². The van der Waals surface area contributed by atoms with Crippen molar-refractivity contribution >= 4 is 17.6 Å². The largest absolute Gasteiger partial charge is 0.325 e. The molecule has 1 unspecified atom stereocenters. The maximum Gasteiger partial charge on any atom is 0.320 e. The SMILES string of the molecule is O=C(CN1CC2CNCCN2C1=O)Nc1ccc(F)cc1. The second kappa shape index (κ2) is 5.69. The van der Waals surface area contributed by atoms with Gasteiger partial charge in [0.05, 0.1) is 6.04 Å². The summed E-state index contributed by atoms with van der Waals surface area (Å²) in [5, 5.41) is 5.90. The van der Waals surface area contributed by atoms with E-state index in [9.17, 15) is 14.0 Å². The average molecular weight is 292 g/mol. The van der Waals surface area contributed by atoms with Crippen molar-refractivity contribution in [1.29, 1.82) is 0 Å². The van der Waals surface area contributed by atoms with Crippen molar-refractivity contribution in [2.24, 2.45) is 0 Å². The number of hydrogen-bond donors (Lipinski definition) is 2. The van der Waals surface area contributed by atoms with Gasteiger partial charge in [0.1, 0.15) is 12.4 Å². The molecule has 3 amide bonds. The van der Waals surface area contributed by atoms with Crippen LogP contribution in [0.25, 0.3) is 0 Å². The van der Waals surface area contributed by atoms with Crippen LogP contribution < -0.4 is 10.6 Å². The summed E-state index contributed by atoms with van der Waals surface area (Å²) in [6.07, 6.45) is 0. The monoisotopic (exact) mass is 292 g/mol. The van der Waals surface area contributed by atoms with Crippen LogP contribution in [0.2, 0.25) is 0 Å². The molecule has 2 fully saturated rings. The third-order valence-corrected chi connectivity index (χ3v) is 3.76. The van der Waals surface area contributed by atoms with Crippen LogP contribution in [0, 0.1) is 5.82 Å². The number of nitrogens with one attached hydrogen (secondary N) is 2. The fourth-order valence-corrected chi connectivity index (χ4v) is 2.73. The van der Waals surface area contributed by atoms with Crippen LogP contribution in [-0.4, -0.2) is 60.5 Å². The molecule has 7 heteroatoms. The number of benzene rings is 1. The van der Waals surface area contributed by atoms with Crippen molar-refractivity contribution < 1.29 is 14.0 Å². The molecule has 0 aromatic heterocycles. The summed E-state index contributed by atoms with van der Waals surface area (Å²) in [5.74, 6) is -0.630. The molecule has 2 aliphatic rings. The van der Waals surface area contributed by atoms with Crippen molar-refractivity contribution in [2.75, 3.05) is 38.0 Å². The van der Waals surface area contributed by atoms with E-state index in [0.717, 1.165) is 13.1 Å². The van der Waals surface area contributed by atoms with Gasteiger partial charge >= 0.3 is 6.03 Å². The number of piperazine rings is 1. The number of nitrogens with zero attached hydrogens (tertiary/aromatic N) is 2. The van der Waals surface area contributed by atoms with Gasteiger partial charge in [-0.05, 0) is 24.3 Å². The Balaban J connectivity index is 1.57. The average Bonchev–Trinajstić information content (AvgIpc) is 2.78. The lowest BCUT2D eigenvalue weighted by Gasteiger charge is -2.28. The van der Waals surface area contributed by atoms with Gasteiger partial charge in [-0.1, -0.05) is 0 Å². The Morgan fingerprint density at radius 1 is 1.38 bits per heavy atom.